The minimum Gasteiger partial charge on any atom is -0.324 e. The summed E-state index contributed by atoms with van der Waals surface area (Å²) < 4.78 is 26.4. The second-order valence-corrected chi connectivity index (χ2v) is 5.57. The van der Waals surface area contributed by atoms with E-state index in [0.717, 1.165) is 28.2 Å². The number of amides is 2. The summed E-state index contributed by atoms with van der Waals surface area (Å²) in [6, 6.07) is 8.63. The second kappa shape index (κ2) is 7.21. The lowest BCUT2D eigenvalue weighted by Gasteiger charge is -2.21. The molecular weight excluding hydrogens is 314 g/mol. The van der Waals surface area contributed by atoms with Gasteiger partial charge in [-0.3, -0.25) is 9.59 Å². The van der Waals surface area contributed by atoms with Crippen LogP contribution in [0.3, 0.4) is 0 Å². The smallest absolute Gasteiger partial charge is 0.244 e. The molecule has 1 N–H and O–H groups in total. The van der Waals surface area contributed by atoms with Crippen LogP contribution < -0.4 is 10.2 Å². The van der Waals surface area contributed by atoms with Crippen LogP contribution in [-0.4, -0.2) is 18.4 Å². The average Bonchev–Trinajstić information content (AvgIpc) is 2.50. The second-order valence-electron chi connectivity index (χ2n) is 5.57. The highest BCUT2D eigenvalue weighted by Gasteiger charge is 2.18. The normalized spacial score (nSPS) is 10.4. The maximum Gasteiger partial charge on any atom is 0.244 e. The zero-order valence-electron chi connectivity index (χ0n) is 13.7. The molecule has 0 heterocycles. The summed E-state index contributed by atoms with van der Waals surface area (Å²) in [5.41, 5.74) is 2.72. The van der Waals surface area contributed by atoms with E-state index < -0.39 is 23.4 Å². The van der Waals surface area contributed by atoms with Crippen molar-refractivity contribution < 1.29 is 18.4 Å². The van der Waals surface area contributed by atoms with Crippen molar-refractivity contribution in [2.45, 2.75) is 20.8 Å². The van der Waals surface area contributed by atoms with Gasteiger partial charge in [-0.25, -0.2) is 8.78 Å². The third kappa shape index (κ3) is 4.16. The van der Waals surface area contributed by atoms with E-state index in [1.807, 2.05) is 26.0 Å². The lowest BCUT2D eigenvalue weighted by atomic mass is 10.1. The molecule has 6 heteroatoms. The van der Waals surface area contributed by atoms with Crippen LogP contribution in [0.2, 0.25) is 0 Å². The molecule has 0 bridgehead atoms. The summed E-state index contributed by atoms with van der Waals surface area (Å²) in [6.45, 7) is 4.76. The molecule has 0 aromatic heterocycles. The van der Waals surface area contributed by atoms with Crippen LogP contribution in [0.15, 0.2) is 36.4 Å². The van der Waals surface area contributed by atoms with Crippen molar-refractivity contribution in [1.82, 2.24) is 0 Å². The zero-order valence-corrected chi connectivity index (χ0v) is 13.7. The molecule has 0 saturated heterocycles. The van der Waals surface area contributed by atoms with Gasteiger partial charge in [0.2, 0.25) is 11.8 Å². The maximum atomic E-state index is 13.4. The van der Waals surface area contributed by atoms with Gasteiger partial charge in [0.05, 0.1) is 0 Å². The zero-order chi connectivity index (χ0) is 17.9. The largest absolute Gasteiger partial charge is 0.324 e. The molecule has 24 heavy (non-hydrogen) atoms. The van der Waals surface area contributed by atoms with Crippen LogP contribution in [-0.2, 0) is 9.59 Å². The van der Waals surface area contributed by atoms with Crippen molar-refractivity contribution in [2.75, 3.05) is 16.8 Å². The molecule has 2 aromatic carbocycles. The molecule has 0 atom stereocenters. The van der Waals surface area contributed by atoms with Crippen LogP contribution in [0, 0.1) is 25.5 Å². The van der Waals surface area contributed by atoms with E-state index in [1.54, 1.807) is 6.07 Å². The fraction of sp³-hybridized carbons (Fsp3) is 0.222. The van der Waals surface area contributed by atoms with Crippen LogP contribution in [0.1, 0.15) is 18.1 Å². The first kappa shape index (κ1) is 17.6. The molecular formula is C18H18F2N2O2. The van der Waals surface area contributed by atoms with E-state index in [9.17, 15) is 18.4 Å². The number of nitrogens with one attached hydrogen (secondary N) is 1. The molecule has 0 spiro atoms. The van der Waals surface area contributed by atoms with Gasteiger partial charge in [0.25, 0.3) is 0 Å². The minimum atomic E-state index is -1.08. The summed E-state index contributed by atoms with van der Waals surface area (Å²) in [4.78, 5) is 25.1. The standard InChI is InChI=1S/C18H18F2N2O2/c1-11-4-7-17(12(2)8-11)21-18(24)10-22(13(3)23)14-5-6-15(19)16(20)9-14/h4-9H,10H2,1-3H3,(H,21,24). The third-order valence-corrected chi connectivity index (χ3v) is 3.55. The Kier molecular flexibility index (Phi) is 5.28. The van der Waals surface area contributed by atoms with E-state index in [0.29, 0.717) is 5.69 Å². The molecule has 4 nitrogen and oxygen atoms in total. The van der Waals surface area contributed by atoms with Crippen molar-refractivity contribution in [3.63, 3.8) is 0 Å². The van der Waals surface area contributed by atoms with Gasteiger partial charge < -0.3 is 10.2 Å². The molecule has 0 unspecified atom stereocenters. The predicted octanol–water partition coefficient (Wildman–Crippen LogP) is 3.57. The van der Waals surface area contributed by atoms with Crippen molar-refractivity contribution in [2.24, 2.45) is 0 Å². The number of aryl methyl sites for hydroxylation is 2. The Morgan fingerprint density at radius 2 is 1.75 bits per heavy atom. The molecule has 126 valence electrons. The van der Waals surface area contributed by atoms with Gasteiger partial charge in [-0.05, 0) is 37.6 Å². The summed E-state index contributed by atoms with van der Waals surface area (Å²) in [5.74, 6) is -2.96. The highest BCUT2D eigenvalue weighted by molar-refractivity contribution is 6.02. The summed E-state index contributed by atoms with van der Waals surface area (Å²) in [6.07, 6.45) is 0. The average molecular weight is 332 g/mol. The molecule has 2 amide bonds. The number of benzene rings is 2. The van der Waals surface area contributed by atoms with Crippen molar-refractivity contribution >= 4 is 23.2 Å². The van der Waals surface area contributed by atoms with Gasteiger partial charge in [0.1, 0.15) is 6.54 Å². The van der Waals surface area contributed by atoms with Crippen LogP contribution in [0.4, 0.5) is 20.2 Å². The van der Waals surface area contributed by atoms with E-state index in [-0.39, 0.29) is 12.2 Å². The molecule has 2 rings (SSSR count). The number of carbonyl (C=O) groups is 2. The van der Waals surface area contributed by atoms with E-state index in [1.165, 1.54) is 13.0 Å². The van der Waals surface area contributed by atoms with Gasteiger partial charge in [-0.2, -0.15) is 0 Å². The molecule has 0 saturated carbocycles. The molecule has 0 fully saturated rings. The Hall–Kier alpha value is -2.76. The first-order valence-corrected chi connectivity index (χ1v) is 7.38. The molecule has 0 aliphatic rings. The van der Waals surface area contributed by atoms with Crippen molar-refractivity contribution in [1.29, 1.82) is 0 Å². The quantitative estimate of drug-likeness (QED) is 0.930. The Morgan fingerprint density at radius 3 is 2.33 bits per heavy atom. The van der Waals surface area contributed by atoms with Gasteiger partial charge in [-0.1, -0.05) is 17.7 Å². The van der Waals surface area contributed by atoms with E-state index in [2.05, 4.69) is 5.32 Å². The number of anilines is 2. The van der Waals surface area contributed by atoms with Crippen LogP contribution >= 0.6 is 0 Å². The highest BCUT2D eigenvalue weighted by atomic mass is 19.2. The topological polar surface area (TPSA) is 49.4 Å². The first-order valence-electron chi connectivity index (χ1n) is 7.38. The van der Waals surface area contributed by atoms with E-state index >= 15 is 0 Å². The number of rotatable bonds is 4. The molecule has 0 aliphatic heterocycles. The van der Waals surface area contributed by atoms with Crippen LogP contribution in [0.25, 0.3) is 0 Å². The number of hydrogen-bond acceptors (Lipinski definition) is 2. The lowest BCUT2D eigenvalue weighted by Crippen LogP contribution is -2.36. The van der Waals surface area contributed by atoms with Crippen molar-refractivity contribution in [3.8, 4) is 0 Å². The Balaban J connectivity index is 2.16. The number of hydrogen-bond donors (Lipinski definition) is 1. The SMILES string of the molecule is CC(=O)N(CC(=O)Nc1ccc(C)cc1C)c1ccc(F)c(F)c1. The number of halogens is 2. The number of nitrogens with zero attached hydrogens (tertiary/aromatic N) is 1. The van der Waals surface area contributed by atoms with E-state index in [4.69, 9.17) is 0 Å². The monoisotopic (exact) mass is 332 g/mol. The lowest BCUT2D eigenvalue weighted by molar-refractivity contribution is -0.120. The van der Waals surface area contributed by atoms with Gasteiger partial charge in [-0.15, -0.1) is 0 Å². The Bertz CT molecular complexity index is 791. The molecule has 0 aliphatic carbocycles. The van der Waals surface area contributed by atoms with Gasteiger partial charge in [0.15, 0.2) is 11.6 Å². The third-order valence-electron chi connectivity index (χ3n) is 3.55. The maximum absolute atomic E-state index is 13.4. The molecule has 0 radical (unpaired) electrons. The summed E-state index contributed by atoms with van der Waals surface area (Å²) in [7, 11) is 0. The summed E-state index contributed by atoms with van der Waals surface area (Å²) >= 11 is 0. The fourth-order valence-electron chi connectivity index (χ4n) is 2.32. The van der Waals surface area contributed by atoms with Crippen LogP contribution in [0.5, 0.6) is 0 Å². The van der Waals surface area contributed by atoms with Crippen molar-refractivity contribution in [3.05, 3.63) is 59.2 Å². The fourth-order valence-corrected chi connectivity index (χ4v) is 2.32. The predicted molar refractivity (Wildman–Crippen MR) is 88.9 cm³/mol. The highest BCUT2D eigenvalue weighted by Crippen LogP contribution is 2.19. The van der Waals surface area contributed by atoms with Gasteiger partial charge >= 0.3 is 0 Å². The minimum absolute atomic E-state index is 0.122. The first-order chi connectivity index (χ1) is 11.3. The number of carbonyl (C=O) groups excluding carboxylic acids is 2. The molecule has 2 aromatic rings. The Morgan fingerprint density at radius 1 is 1.04 bits per heavy atom. The van der Waals surface area contributed by atoms with Gasteiger partial charge in [0, 0.05) is 24.4 Å². The Labute approximate surface area is 139 Å². The summed E-state index contributed by atoms with van der Waals surface area (Å²) in [5, 5.41) is 2.72.